The van der Waals surface area contributed by atoms with Gasteiger partial charge in [-0.2, -0.15) is 4.31 Å². The first-order valence-corrected chi connectivity index (χ1v) is 8.93. The molecule has 118 valence electrons. The average molecular weight is 312 g/mol. The van der Waals surface area contributed by atoms with Gasteiger partial charge < -0.3 is 10.1 Å². The Hall–Kier alpha value is -1.11. The largest absolute Gasteiger partial charge is 0.494 e. The number of hydrogen-bond acceptors (Lipinski definition) is 4. The van der Waals surface area contributed by atoms with Crippen LogP contribution in [0.4, 0.5) is 0 Å². The third-order valence-corrected chi connectivity index (χ3v) is 5.72. The van der Waals surface area contributed by atoms with E-state index in [1.54, 1.807) is 28.6 Å². The molecule has 1 aromatic rings. The van der Waals surface area contributed by atoms with Crippen LogP contribution in [0.2, 0.25) is 0 Å². The first-order chi connectivity index (χ1) is 10.1. The van der Waals surface area contributed by atoms with Crippen LogP contribution in [0.25, 0.3) is 0 Å². The van der Waals surface area contributed by atoms with E-state index in [9.17, 15) is 8.42 Å². The topological polar surface area (TPSA) is 58.6 Å². The van der Waals surface area contributed by atoms with Gasteiger partial charge in [0.2, 0.25) is 10.0 Å². The molecule has 1 N–H and O–H groups in total. The molecule has 21 heavy (non-hydrogen) atoms. The summed E-state index contributed by atoms with van der Waals surface area (Å²) in [7, 11) is -1.57. The molecule has 1 aliphatic rings. The smallest absolute Gasteiger partial charge is 0.243 e. The number of benzene rings is 1. The maximum Gasteiger partial charge on any atom is 0.243 e. The van der Waals surface area contributed by atoms with Gasteiger partial charge >= 0.3 is 0 Å². The van der Waals surface area contributed by atoms with Gasteiger partial charge in [0.25, 0.3) is 0 Å². The number of nitrogens with one attached hydrogen (secondary N) is 1. The third-order valence-electron chi connectivity index (χ3n) is 3.75. The van der Waals surface area contributed by atoms with Crippen LogP contribution in [0.5, 0.6) is 5.75 Å². The van der Waals surface area contributed by atoms with E-state index in [2.05, 4.69) is 5.32 Å². The molecule has 1 aromatic carbocycles. The fourth-order valence-corrected chi connectivity index (χ4v) is 4.43. The van der Waals surface area contributed by atoms with Crippen molar-refractivity contribution in [2.24, 2.45) is 0 Å². The summed E-state index contributed by atoms with van der Waals surface area (Å²) in [5.41, 5.74) is 0. The van der Waals surface area contributed by atoms with Gasteiger partial charge in [-0.25, -0.2) is 8.42 Å². The van der Waals surface area contributed by atoms with E-state index < -0.39 is 10.0 Å². The summed E-state index contributed by atoms with van der Waals surface area (Å²) in [5, 5.41) is 3.09. The normalized spacial score (nSPS) is 20.4. The standard InChI is InChI=1S/C15H24N2O3S/c1-3-20-14-7-9-15(10-8-14)21(18,19)17-11-5-4-6-13(17)12-16-2/h7-10,13,16H,3-6,11-12H2,1-2H3. The zero-order chi connectivity index (χ0) is 15.3. The Bertz CT molecular complexity index is 541. The Kier molecular flexibility index (Phi) is 5.61. The van der Waals surface area contributed by atoms with Crippen LogP contribution < -0.4 is 10.1 Å². The lowest BCUT2D eigenvalue weighted by molar-refractivity contribution is 0.249. The average Bonchev–Trinajstić information content (AvgIpc) is 2.49. The van der Waals surface area contributed by atoms with Crippen molar-refractivity contribution in [2.45, 2.75) is 37.1 Å². The van der Waals surface area contributed by atoms with E-state index in [0.717, 1.165) is 19.3 Å². The molecule has 0 spiro atoms. The first-order valence-electron chi connectivity index (χ1n) is 7.49. The molecule has 5 nitrogen and oxygen atoms in total. The summed E-state index contributed by atoms with van der Waals surface area (Å²) < 4.78 is 32.6. The summed E-state index contributed by atoms with van der Waals surface area (Å²) in [6.07, 6.45) is 2.93. The number of sulfonamides is 1. The monoisotopic (exact) mass is 312 g/mol. The van der Waals surface area contributed by atoms with Gasteiger partial charge in [-0.1, -0.05) is 6.42 Å². The van der Waals surface area contributed by atoms with Gasteiger partial charge in [0.1, 0.15) is 5.75 Å². The predicted octanol–water partition coefficient (Wildman–Crippen LogP) is 1.85. The van der Waals surface area contributed by atoms with E-state index >= 15 is 0 Å². The third kappa shape index (κ3) is 3.75. The second kappa shape index (κ2) is 7.24. The van der Waals surface area contributed by atoms with Crippen molar-refractivity contribution >= 4 is 10.0 Å². The Morgan fingerprint density at radius 3 is 2.62 bits per heavy atom. The lowest BCUT2D eigenvalue weighted by atomic mass is 10.1. The van der Waals surface area contributed by atoms with Crippen LogP contribution in [-0.2, 0) is 10.0 Å². The van der Waals surface area contributed by atoms with Crippen molar-refractivity contribution in [2.75, 3.05) is 26.7 Å². The van der Waals surface area contributed by atoms with E-state index in [1.807, 2.05) is 14.0 Å². The highest BCUT2D eigenvalue weighted by Crippen LogP contribution is 2.26. The zero-order valence-corrected chi connectivity index (χ0v) is 13.5. The molecule has 1 fully saturated rings. The molecule has 0 saturated carbocycles. The minimum Gasteiger partial charge on any atom is -0.494 e. The molecule has 0 aromatic heterocycles. The Balaban J connectivity index is 2.22. The molecular weight excluding hydrogens is 288 g/mol. The number of hydrogen-bond donors (Lipinski definition) is 1. The Morgan fingerprint density at radius 1 is 1.29 bits per heavy atom. The highest BCUT2D eigenvalue weighted by atomic mass is 32.2. The SMILES string of the molecule is CCOc1ccc(S(=O)(=O)N2CCCCC2CNC)cc1. The predicted molar refractivity (Wildman–Crippen MR) is 83.1 cm³/mol. The minimum atomic E-state index is -3.43. The lowest BCUT2D eigenvalue weighted by Crippen LogP contribution is -2.47. The van der Waals surface area contributed by atoms with Gasteiger partial charge in [-0.05, 0) is 51.1 Å². The van der Waals surface area contributed by atoms with Crippen molar-refractivity contribution in [1.82, 2.24) is 9.62 Å². The van der Waals surface area contributed by atoms with Gasteiger partial charge in [0.15, 0.2) is 0 Å². The van der Waals surface area contributed by atoms with E-state index in [-0.39, 0.29) is 6.04 Å². The van der Waals surface area contributed by atoms with Gasteiger partial charge in [0.05, 0.1) is 11.5 Å². The Labute approximate surface area is 127 Å². The molecule has 1 atom stereocenters. The quantitative estimate of drug-likeness (QED) is 0.871. The zero-order valence-electron chi connectivity index (χ0n) is 12.7. The number of piperidine rings is 1. The summed E-state index contributed by atoms with van der Waals surface area (Å²) in [5.74, 6) is 0.696. The number of ether oxygens (including phenoxy) is 1. The molecule has 0 radical (unpaired) electrons. The van der Waals surface area contributed by atoms with Crippen molar-refractivity contribution in [3.63, 3.8) is 0 Å². The number of rotatable bonds is 6. The van der Waals surface area contributed by atoms with Gasteiger partial charge in [0, 0.05) is 19.1 Å². The first kappa shape index (κ1) is 16.3. The fourth-order valence-electron chi connectivity index (χ4n) is 2.74. The molecule has 0 aliphatic carbocycles. The molecule has 0 amide bonds. The fraction of sp³-hybridized carbons (Fsp3) is 0.600. The van der Waals surface area contributed by atoms with E-state index in [4.69, 9.17) is 4.74 Å². The molecule has 1 aliphatic heterocycles. The maximum absolute atomic E-state index is 12.8. The maximum atomic E-state index is 12.8. The molecule has 1 unspecified atom stereocenters. The highest BCUT2D eigenvalue weighted by Gasteiger charge is 2.32. The molecule has 1 heterocycles. The van der Waals surface area contributed by atoms with Crippen LogP contribution in [0, 0.1) is 0 Å². The summed E-state index contributed by atoms with van der Waals surface area (Å²) in [4.78, 5) is 0.342. The number of likely N-dealkylation sites (N-methyl/N-ethyl adjacent to an activating group) is 1. The van der Waals surface area contributed by atoms with Crippen LogP contribution >= 0.6 is 0 Å². The van der Waals surface area contributed by atoms with Crippen LogP contribution in [-0.4, -0.2) is 45.5 Å². The van der Waals surface area contributed by atoms with E-state index in [0.29, 0.717) is 30.3 Å². The van der Waals surface area contributed by atoms with Crippen molar-refractivity contribution in [3.8, 4) is 5.75 Å². The van der Waals surface area contributed by atoms with Crippen molar-refractivity contribution in [3.05, 3.63) is 24.3 Å². The highest BCUT2D eigenvalue weighted by molar-refractivity contribution is 7.89. The molecule has 6 heteroatoms. The number of nitrogens with zero attached hydrogens (tertiary/aromatic N) is 1. The summed E-state index contributed by atoms with van der Waals surface area (Å²) in [6, 6.07) is 6.73. The summed E-state index contributed by atoms with van der Waals surface area (Å²) >= 11 is 0. The minimum absolute atomic E-state index is 0.0420. The van der Waals surface area contributed by atoms with Crippen LogP contribution in [0.3, 0.4) is 0 Å². The van der Waals surface area contributed by atoms with Gasteiger partial charge in [-0.3, -0.25) is 0 Å². The van der Waals surface area contributed by atoms with E-state index in [1.165, 1.54) is 0 Å². The lowest BCUT2D eigenvalue weighted by Gasteiger charge is -2.34. The van der Waals surface area contributed by atoms with Crippen molar-refractivity contribution < 1.29 is 13.2 Å². The Morgan fingerprint density at radius 2 is 2.00 bits per heavy atom. The van der Waals surface area contributed by atoms with Gasteiger partial charge in [-0.15, -0.1) is 0 Å². The molecule has 2 rings (SSSR count). The molecule has 0 bridgehead atoms. The summed E-state index contributed by atoms with van der Waals surface area (Å²) in [6.45, 7) is 3.77. The van der Waals surface area contributed by atoms with Crippen LogP contribution in [0.1, 0.15) is 26.2 Å². The second-order valence-electron chi connectivity index (χ2n) is 5.23. The molecular formula is C15H24N2O3S. The second-order valence-corrected chi connectivity index (χ2v) is 7.12. The van der Waals surface area contributed by atoms with Crippen LogP contribution in [0.15, 0.2) is 29.2 Å². The van der Waals surface area contributed by atoms with Crippen molar-refractivity contribution in [1.29, 1.82) is 0 Å². The molecule has 1 saturated heterocycles.